The van der Waals surface area contributed by atoms with Gasteiger partial charge in [0.1, 0.15) is 22.3 Å². The highest BCUT2D eigenvalue weighted by Crippen LogP contribution is 2.61. The van der Waals surface area contributed by atoms with Crippen molar-refractivity contribution in [2.75, 3.05) is 4.90 Å². The van der Waals surface area contributed by atoms with Crippen LogP contribution in [0.25, 0.3) is 55.0 Å². The average molecular weight is 636 g/mol. The van der Waals surface area contributed by atoms with Gasteiger partial charge in [-0.3, -0.25) is 0 Å². The first-order valence-electron chi connectivity index (χ1n) is 18.0. The summed E-state index contributed by atoms with van der Waals surface area (Å²) >= 11 is 0. The quantitative estimate of drug-likeness (QED) is 0.188. The third kappa shape index (κ3) is 4.28. The first-order valence-corrected chi connectivity index (χ1v) is 18.0. The summed E-state index contributed by atoms with van der Waals surface area (Å²) in [6.07, 6.45) is 8.51. The van der Waals surface area contributed by atoms with Crippen LogP contribution in [0.1, 0.15) is 44.1 Å². The zero-order chi connectivity index (χ0) is 32.1. The number of rotatable bonds is 5. The molecule has 4 aliphatic rings. The van der Waals surface area contributed by atoms with Crippen molar-refractivity contribution >= 4 is 60.9 Å². The van der Waals surface area contributed by atoms with Crippen molar-refractivity contribution in [3.63, 3.8) is 0 Å². The SMILES string of the molecule is c1ccc(C23CC4CC(CC(C4)C2)C3)c(-c2ccc(N(c3ccc4c(c3)oc3ccccc34)c3ccc4c(c3)oc3ccccc34)cc2)c1. The van der Waals surface area contributed by atoms with Gasteiger partial charge in [-0.15, -0.1) is 0 Å². The van der Waals surface area contributed by atoms with E-state index in [0.29, 0.717) is 5.41 Å². The van der Waals surface area contributed by atoms with E-state index in [9.17, 15) is 0 Å². The minimum absolute atomic E-state index is 0.347. The van der Waals surface area contributed by atoms with E-state index < -0.39 is 0 Å². The summed E-state index contributed by atoms with van der Waals surface area (Å²) in [6, 6.07) is 48.3. The summed E-state index contributed by atoms with van der Waals surface area (Å²) in [6.45, 7) is 0. The Morgan fingerprint density at radius 1 is 0.449 bits per heavy atom. The molecule has 0 atom stereocenters. The second-order valence-corrected chi connectivity index (χ2v) is 15.2. The van der Waals surface area contributed by atoms with Gasteiger partial charge in [-0.1, -0.05) is 72.8 Å². The van der Waals surface area contributed by atoms with E-state index in [1.807, 2.05) is 24.3 Å². The summed E-state index contributed by atoms with van der Waals surface area (Å²) < 4.78 is 12.7. The van der Waals surface area contributed by atoms with Crippen molar-refractivity contribution in [1.29, 1.82) is 0 Å². The standard InChI is InChI=1S/C46H37NO2/c1-4-10-41(46-26-29-21-30(27-46)23-31(22-29)28-46)36(7-1)32-13-15-33(16-14-32)47(34-17-19-39-37-8-2-5-11-42(37)48-44(39)24-34)35-18-20-40-38-9-3-6-12-43(38)49-45(40)25-35/h1-20,24-25,29-31H,21-23,26-28H2. The zero-order valence-corrected chi connectivity index (χ0v) is 27.4. The molecular weight excluding hydrogens is 599 g/mol. The number of anilines is 3. The second kappa shape index (κ2) is 10.4. The first kappa shape index (κ1) is 27.6. The number of para-hydroxylation sites is 2. The van der Waals surface area contributed by atoms with E-state index in [1.54, 1.807) is 5.56 Å². The van der Waals surface area contributed by atoms with Gasteiger partial charge in [0.05, 0.1) is 0 Å². The predicted octanol–water partition coefficient (Wildman–Crippen LogP) is 13.1. The van der Waals surface area contributed by atoms with Crippen LogP contribution in [0.4, 0.5) is 17.1 Å². The van der Waals surface area contributed by atoms with E-state index in [4.69, 9.17) is 8.83 Å². The molecule has 0 unspecified atom stereocenters. The van der Waals surface area contributed by atoms with Crippen molar-refractivity contribution in [2.24, 2.45) is 17.8 Å². The van der Waals surface area contributed by atoms with Crippen LogP contribution in [0.2, 0.25) is 0 Å². The van der Waals surface area contributed by atoms with Crippen LogP contribution in [0.15, 0.2) is 142 Å². The highest BCUT2D eigenvalue weighted by molar-refractivity contribution is 6.07. The van der Waals surface area contributed by atoms with E-state index >= 15 is 0 Å². The molecule has 4 saturated carbocycles. The molecule has 238 valence electrons. The lowest BCUT2D eigenvalue weighted by atomic mass is 9.47. The highest BCUT2D eigenvalue weighted by atomic mass is 16.3. The van der Waals surface area contributed by atoms with Crippen molar-refractivity contribution in [2.45, 2.75) is 43.9 Å². The van der Waals surface area contributed by atoms with Gasteiger partial charge >= 0.3 is 0 Å². The Morgan fingerprint density at radius 2 is 0.918 bits per heavy atom. The van der Waals surface area contributed by atoms with Crippen molar-refractivity contribution in [3.05, 3.63) is 139 Å². The molecule has 0 aliphatic heterocycles. The fourth-order valence-electron chi connectivity index (χ4n) is 10.6. The average Bonchev–Trinajstić information content (AvgIpc) is 3.69. The minimum Gasteiger partial charge on any atom is -0.456 e. The van der Waals surface area contributed by atoms with Gasteiger partial charge in [0.25, 0.3) is 0 Å². The lowest BCUT2D eigenvalue weighted by Crippen LogP contribution is -2.48. The molecule has 0 N–H and O–H groups in total. The molecule has 12 rings (SSSR count). The monoisotopic (exact) mass is 635 g/mol. The fourth-order valence-corrected chi connectivity index (χ4v) is 10.6. The van der Waals surface area contributed by atoms with Crippen LogP contribution >= 0.6 is 0 Å². The van der Waals surface area contributed by atoms with E-state index in [-0.39, 0.29) is 0 Å². The predicted molar refractivity (Wildman–Crippen MR) is 201 cm³/mol. The van der Waals surface area contributed by atoms with Crippen molar-refractivity contribution in [3.8, 4) is 11.1 Å². The summed E-state index contributed by atoms with van der Waals surface area (Å²) in [5, 5.41) is 4.54. The van der Waals surface area contributed by atoms with Gasteiger partial charge in [-0.05, 0) is 127 Å². The summed E-state index contributed by atoms with van der Waals surface area (Å²) in [7, 11) is 0. The molecule has 0 spiro atoms. The second-order valence-electron chi connectivity index (χ2n) is 15.2. The highest BCUT2D eigenvalue weighted by Gasteiger charge is 2.52. The third-order valence-electron chi connectivity index (χ3n) is 12.2. The number of fused-ring (bicyclic) bond motifs is 6. The molecular formula is C46H37NO2. The van der Waals surface area contributed by atoms with Crippen LogP contribution in [-0.2, 0) is 5.41 Å². The van der Waals surface area contributed by atoms with Crippen LogP contribution in [0, 0.1) is 17.8 Å². The fraction of sp³-hybridized carbons (Fsp3) is 0.217. The molecule has 8 aromatic rings. The molecule has 4 bridgehead atoms. The molecule has 0 amide bonds. The minimum atomic E-state index is 0.347. The van der Waals surface area contributed by atoms with Gasteiger partial charge in [-0.25, -0.2) is 0 Å². The normalized spacial score (nSPS) is 22.9. The molecule has 49 heavy (non-hydrogen) atoms. The van der Waals surface area contributed by atoms with Gasteiger partial charge in [0, 0.05) is 50.7 Å². The van der Waals surface area contributed by atoms with Crippen molar-refractivity contribution in [1.82, 2.24) is 0 Å². The van der Waals surface area contributed by atoms with Gasteiger partial charge in [0.15, 0.2) is 0 Å². The van der Waals surface area contributed by atoms with Gasteiger partial charge in [0.2, 0.25) is 0 Å². The summed E-state index contributed by atoms with van der Waals surface area (Å²) in [5.74, 6) is 2.76. The maximum Gasteiger partial charge on any atom is 0.137 e. The van der Waals surface area contributed by atoms with E-state index in [2.05, 4.69) is 114 Å². The Hall–Kier alpha value is -5.28. The molecule has 3 nitrogen and oxygen atoms in total. The molecule has 4 fully saturated rings. The Balaban J connectivity index is 1.04. The van der Waals surface area contributed by atoms with Crippen LogP contribution in [0.5, 0.6) is 0 Å². The first-order chi connectivity index (χ1) is 24.2. The molecule has 0 saturated heterocycles. The van der Waals surface area contributed by atoms with Gasteiger partial charge in [-0.2, -0.15) is 0 Å². The van der Waals surface area contributed by atoms with Crippen LogP contribution in [-0.4, -0.2) is 0 Å². The molecule has 4 aliphatic carbocycles. The maximum absolute atomic E-state index is 6.37. The number of nitrogens with zero attached hydrogens (tertiary/aromatic N) is 1. The molecule has 6 aromatic carbocycles. The Kier molecular flexibility index (Phi) is 5.85. The Bertz CT molecular complexity index is 2400. The third-order valence-corrected chi connectivity index (χ3v) is 12.2. The number of benzene rings is 6. The molecule has 3 heteroatoms. The van der Waals surface area contributed by atoms with Gasteiger partial charge < -0.3 is 13.7 Å². The van der Waals surface area contributed by atoms with E-state index in [0.717, 1.165) is 78.7 Å². The Morgan fingerprint density at radius 3 is 1.49 bits per heavy atom. The lowest BCUT2D eigenvalue weighted by molar-refractivity contribution is -0.00492. The molecule has 2 heterocycles. The lowest BCUT2D eigenvalue weighted by Gasteiger charge is -2.57. The number of hydrogen-bond donors (Lipinski definition) is 0. The number of hydrogen-bond acceptors (Lipinski definition) is 3. The van der Waals surface area contributed by atoms with E-state index in [1.165, 1.54) is 49.7 Å². The Labute approximate surface area is 285 Å². The summed E-state index contributed by atoms with van der Waals surface area (Å²) in [4.78, 5) is 2.33. The van der Waals surface area contributed by atoms with Crippen molar-refractivity contribution < 1.29 is 8.83 Å². The number of furan rings is 2. The zero-order valence-electron chi connectivity index (χ0n) is 27.4. The molecule has 0 radical (unpaired) electrons. The molecule has 2 aromatic heterocycles. The topological polar surface area (TPSA) is 29.5 Å². The maximum atomic E-state index is 6.37. The smallest absolute Gasteiger partial charge is 0.137 e. The van der Waals surface area contributed by atoms with Crippen LogP contribution < -0.4 is 4.90 Å². The largest absolute Gasteiger partial charge is 0.456 e. The van der Waals surface area contributed by atoms with Crippen LogP contribution in [0.3, 0.4) is 0 Å². The summed E-state index contributed by atoms with van der Waals surface area (Å²) in [5.41, 5.74) is 11.4.